The molecule has 2 rings (SSSR count). The van der Waals surface area contributed by atoms with Gasteiger partial charge in [-0.15, -0.1) is 0 Å². The Hall–Kier alpha value is -2.08. The number of hydrogen-bond acceptors (Lipinski definition) is 3. The minimum Gasteiger partial charge on any atom is -0.483 e. The fourth-order valence-electron chi connectivity index (χ4n) is 3.42. The van der Waals surface area contributed by atoms with Gasteiger partial charge < -0.3 is 19.9 Å². The van der Waals surface area contributed by atoms with E-state index in [4.69, 9.17) is 4.74 Å². The summed E-state index contributed by atoms with van der Waals surface area (Å²) < 4.78 is 5.88. The van der Waals surface area contributed by atoms with E-state index in [2.05, 4.69) is 38.2 Å². The third-order valence-corrected chi connectivity index (χ3v) is 5.23. The molecule has 0 unspecified atom stereocenters. The molecule has 0 atom stereocenters. The highest BCUT2D eigenvalue weighted by molar-refractivity contribution is 5.78. The van der Waals surface area contributed by atoms with Crippen molar-refractivity contribution in [2.45, 2.75) is 46.5 Å². The largest absolute Gasteiger partial charge is 0.483 e. The lowest BCUT2D eigenvalue weighted by Crippen LogP contribution is -3.15. The normalized spacial score (nSPS) is 15.0. The molecule has 1 fully saturated rings. The van der Waals surface area contributed by atoms with E-state index in [1.165, 1.54) is 4.90 Å². The highest BCUT2D eigenvalue weighted by Crippen LogP contribution is 2.27. The maximum atomic E-state index is 12.6. The average Bonchev–Trinajstić information content (AvgIpc) is 2.66. The van der Waals surface area contributed by atoms with Crippen LogP contribution in [0.1, 0.15) is 50.7 Å². The number of carbonyl (C=O) groups is 2. The topological polar surface area (TPSA) is 63.1 Å². The van der Waals surface area contributed by atoms with Crippen molar-refractivity contribution >= 4 is 11.8 Å². The Kier molecular flexibility index (Phi) is 8.77. The van der Waals surface area contributed by atoms with Crippen LogP contribution in [0.5, 0.6) is 5.75 Å². The van der Waals surface area contributed by atoms with Crippen LogP contribution in [-0.4, -0.2) is 62.6 Å². The number of amides is 2. The molecule has 0 radical (unpaired) electrons. The summed E-state index contributed by atoms with van der Waals surface area (Å²) in [6.07, 6.45) is 2.10. The maximum Gasteiger partial charge on any atom is 0.275 e. The number of carbonyl (C=O) groups excluding carboxylic acids is 2. The van der Waals surface area contributed by atoms with Crippen molar-refractivity contribution in [3.8, 4) is 5.75 Å². The minimum absolute atomic E-state index is 0.0164. The van der Waals surface area contributed by atoms with Crippen molar-refractivity contribution in [1.29, 1.82) is 0 Å². The van der Waals surface area contributed by atoms with Gasteiger partial charge in [-0.1, -0.05) is 39.3 Å². The zero-order chi connectivity index (χ0) is 20.5. The number of nitrogens with one attached hydrogen (secondary N) is 2. The first-order chi connectivity index (χ1) is 13.4. The van der Waals surface area contributed by atoms with Crippen LogP contribution in [0.25, 0.3) is 0 Å². The van der Waals surface area contributed by atoms with Crippen LogP contribution in [0.15, 0.2) is 18.2 Å². The fourth-order valence-corrected chi connectivity index (χ4v) is 3.42. The summed E-state index contributed by atoms with van der Waals surface area (Å²) in [5, 5.41) is 2.96. The summed E-state index contributed by atoms with van der Waals surface area (Å²) in [4.78, 5) is 27.6. The van der Waals surface area contributed by atoms with Crippen LogP contribution in [0.3, 0.4) is 0 Å². The Morgan fingerprint density at radius 2 is 1.96 bits per heavy atom. The number of aryl methyl sites for hydroxylation is 1. The zero-order valence-corrected chi connectivity index (χ0v) is 17.8. The van der Waals surface area contributed by atoms with E-state index >= 15 is 0 Å². The molecular weight excluding hydrogens is 354 g/mol. The van der Waals surface area contributed by atoms with Crippen molar-refractivity contribution in [2.75, 3.05) is 45.9 Å². The Balaban J connectivity index is 1.77. The van der Waals surface area contributed by atoms with Gasteiger partial charge in [0.1, 0.15) is 5.75 Å². The standard InChI is InChI=1S/C22H35N3O3/c1-5-6-9-23-21(26)15-24-10-12-25(13-11-24)22(27)16-28-20-14-18(4)7-8-19(20)17(2)3/h7-8,14,17H,5-6,9-13,15-16H2,1-4H3,(H,23,26)/p+1. The number of nitrogens with zero attached hydrogens (tertiary/aromatic N) is 1. The number of hydrogen-bond donors (Lipinski definition) is 2. The molecule has 1 aliphatic heterocycles. The number of benzene rings is 1. The summed E-state index contributed by atoms with van der Waals surface area (Å²) in [6, 6.07) is 6.15. The molecule has 1 aromatic carbocycles. The molecule has 6 heteroatoms. The van der Waals surface area contributed by atoms with Gasteiger partial charge in [-0.25, -0.2) is 0 Å². The molecule has 156 valence electrons. The molecule has 28 heavy (non-hydrogen) atoms. The van der Waals surface area contributed by atoms with E-state index in [-0.39, 0.29) is 18.4 Å². The SMILES string of the molecule is CCCCNC(=O)C[NH+]1CCN(C(=O)COc2cc(C)ccc2C(C)C)CC1. The molecule has 1 aromatic rings. The fraction of sp³-hybridized carbons (Fsp3) is 0.636. The van der Waals surface area contributed by atoms with Gasteiger partial charge in [0.05, 0.1) is 26.2 Å². The molecule has 2 N–H and O–H groups in total. The van der Waals surface area contributed by atoms with Crippen molar-refractivity contribution in [3.05, 3.63) is 29.3 Å². The maximum absolute atomic E-state index is 12.6. The Bertz CT molecular complexity index is 652. The van der Waals surface area contributed by atoms with Gasteiger partial charge in [-0.05, 0) is 36.5 Å². The molecule has 0 saturated carbocycles. The molecule has 0 aliphatic carbocycles. The van der Waals surface area contributed by atoms with Crippen LogP contribution >= 0.6 is 0 Å². The second-order valence-electron chi connectivity index (χ2n) is 8.00. The highest BCUT2D eigenvalue weighted by atomic mass is 16.5. The van der Waals surface area contributed by atoms with Crippen LogP contribution in [-0.2, 0) is 9.59 Å². The number of quaternary nitrogens is 1. The molecular formula is C22H36N3O3+. The van der Waals surface area contributed by atoms with Crippen molar-refractivity contribution < 1.29 is 19.2 Å². The molecule has 0 bridgehead atoms. The second-order valence-corrected chi connectivity index (χ2v) is 8.00. The van der Waals surface area contributed by atoms with E-state index in [0.717, 1.165) is 49.4 Å². The number of unbranched alkanes of at least 4 members (excludes halogenated alkanes) is 1. The van der Waals surface area contributed by atoms with Gasteiger partial charge in [0.15, 0.2) is 13.2 Å². The molecule has 0 aromatic heterocycles. The van der Waals surface area contributed by atoms with Gasteiger partial charge in [0.25, 0.3) is 11.8 Å². The predicted molar refractivity (Wildman–Crippen MR) is 111 cm³/mol. The number of piperazine rings is 1. The zero-order valence-electron chi connectivity index (χ0n) is 17.8. The molecule has 1 aliphatic rings. The van der Waals surface area contributed by atoms with Gasteiger partial charge in [-0.3, -0.25) is 9.59 Å². The van der Waals surface area contributed by atoms with E-state index in [1.807, 2.05) is 17.9 Å². The number of rotatable bonds is 9. The first-order valence-electron chi connectivity index (χ1n) is 10.5. The van der Waals surface area contributed by atoms with E-state index in [0.29, 0.717) is 25.6 Å². The Morgan fingerprint density at radius 1 is 1.25 bits per heavy atom. The first kappa shape index (κ1) is 22.2. The summed E-state index contributed by atoms with van der Waals surface area (Å²) >= 11 is 0. The van der Waals surface area contributed by atoms with Gasteiger partial charge in [0, 0.05) is 6.54 Å². The monoisotopic (exact) mass is 390 g/mol. The highest BCUT2D eigenvalue weighted by Gasteiger charge is 2.25. The van der Waals surface area contributed by atoms with E-state index < -0.39 is 0 Å². The molecule has 6 nitrogen and oxygen atoms in total. The van der Waals surface area contributed by atoms with Gasteiger partial charge in [-0.2, -0.15) is 0 Å². The Morgan fingerprint density at radius 3 is 2.61 bits per heavy atom. The lowest BCUT2D eigenvalue weighted by atomic mass is 10.0. The summed E-state index contributed by atoms with van der Waals surface area (Å²) in [6.45, 7) is 12.6. The van der Waals surface area contributed by atoms with Gasteiger partial charge in [0.2, 0.25) is 0 Å². The predicted octanol–water partition coefficient (Wildman–Crippen LogP) is 1.14. The third kappa shape index (κ3) is 6.82. The van der Waals surface area contributed by atoms with Gasteiger partial charge >= 0.3 is 0 Å². The molecule has 1 heterocycles. The van der Waals surface area contributed by atoms with Crippen LogP contribution in [0.2, 0.25) is 0 Å². The second kappa shape index (κ2) is 11.1. The molecule has 0 spiro atoms. The van der Waals surface area contributed by atoms with Crippen LogP contribution in [0.4, 0.5) is 0 Å². The van der Waals surface area contributed by atoms with Crippen LogP contribution < -0.4 is 15.0 Å². The summed E-state index contributed by atoms with van der Waals surface area (Å²) in [5.74, 6) is 1.27. The Labute approximate surface area is 169 Å². The summed E-state index contributed by atoms with van der Waals surface area (Å²) in [5.41, 5.74) is 2.25. The number of ether oxygens (including phenoxy) is 1. The average molecular weight is 391 g/mol. The van der Waals surface area contributed by atoms with E-state index in [1.54, 1.807) is 0 Å². The van der Waals surface area contributed by atoms with E-state index in [9.17, 15) is 9.59 Å². The van der Waals surface area contributed by atoms with Crippen molar-refractivity contribution in [2.24, 2.45) is 0 Å². The lowest BCUT2D eigenvalue weighted by Gasteiger charge is -2.32. The quantitative estimate of drug-likeness (QED) is 0.622. The third-order valence-electron chi connectivity index (χ3n) is 5.23. The van der Waals surface area contributed by atoms with Crippen molar-refractivity contribution in [3.63, 3.8) is 0 Å². The minimum atomic E-state index is 0.0164. The summed E-state index contributed by atoms with van der Waals surface area (Å²) in [7, 11) is 0. The smallest absolute Gasteiger partial charge is 0.275 e. The molecule has 2 amide bonds. The lowest BCUT2D eigenvalue weighted by molar-refractivity contribution is -0.896. The van der Waals surface area contributed by atoms with Crippen LogP contribution in [0, 0.1) is 6.92 Å². The molecule has 1 saturated heterocycles. The van der Waals surface area contributed by atoms with Crippen molar-refractivity contribution in [1.82, 2.24) is 10.2 Å². The first-order valence-corrected chi connectivity index (χ1v) is 10.5.